The second-order valence-corrected chi connectivity index (χ2v) is 4.13. The lowest BCUT2D eigenvalue weighted by Crippen LogP contribution is -2.08. The molecule has 1 heterocycles. The van der Waals surface area contributed by atoms with Gasteiger partial charge in [-0.05, 0) is 24.6 Å². The van der Waals surface area contributed by atoms with E-state index >= 15 is 0 Å². The van der Waals surface area contributed by atoms with Gasteiger partial charge in [-0.15, -0.1) is 0 Å². The Morgan fingerprint density at radius 3 is 2.78 bits per heavy atom. The van der Waals surface area contributed by atoms with Crippen molar-refractivity contribution in [1.82, 2.24) is 9.78 Å². The predicted molar refractivity (Wildman–Crippen MR) is 68.2 cm³/mol. The molecule has 1 N–H and O–H groups in total. The van der Waals surface area contributed by atoms with Gasteiger partial charge < -0.3 is 10.1 Å². The number of aromatic nitrogens is 2. The minimum atomic E-state index is -0.355. The van der Waals surface area contributed by atoms with Crippen molar-refractivity contribution < 1.29 is 9.13 Å². The Labute approximate surface area is 105 Å². The zero-order valence-corrected chi connectivity index (χ0v) is 10.6. The first-order valence-electron chi connectivity index (χ1n) is 5.70. The molecule has 5 heteroatoms. The molecular weight excluding hydrogens is 233 g/mol. The number of nitrogens with one attached hydrogen (secondary N) is 1. The van der Waals surface area contributed by atoms with Crippen LogP contribution in [0.3, 0.4) is 0 Å². The minimum Gasteiger partial charge on any atom is -0.494 e. The fourth-order valence-corrected chi connectivity index (χ4v) is 1.74. The quantitative estimate of drug-likeness (QED) is 0.905. The molecule has 0 aliphatic rings. The van der Waals surface area contributed by atoms with E-state index in [0.29, 0.717) is 0 Å². The first-order chi connectivity index (χ1) is 8.60. The summed E-state index contributed by atoms with van der Waals surface area (Å²) in [6, 6.07) is 6.74. The van der Waals surface area contributed by atoms with Crippen molar-refractivity contribution in [2.75, 3.05) is 12.4 Å². The Morgan fingerprint density at radius 2 is 2.17 bits per heavy atom. The van der Waals surface area contributed by atoms with Gasteiger partial charge in [0.15, 0.2) is 11.6 Å². The minimum absolute atomic E-state index is 0.0226. The summed E-state index contributed by atoms with van der Waals surface area (Å²) in [7, 11) is 3.32. The molecule has 2 aromatic rings. The number of methoxy groups -OCH3 is 1. The van der Waals surface area contributed by atoms with Crippen molar-refractivity contribution in [2.45, 2.75) is 13.0 Å². The molecule has 0 radical (unpaired) electrons. The summed E-state index contributed by atoms with van der Waals surface area (Å²) >= 11 is 0. The molecule has 0 saturated carbocycles. The van der Waals surface area contributed by atoms with E-state index < -0.39 is 0 Å². The van der Waals surface area contributed by atoms with E-state index in [1.54, 1.807) is 16.8 Å². The molecule has 0 aliphatic carbocycles. The molecule has 1 aromatic heterocycles. The average Bonchev–Trinajstić information content (AvgIpc) is 2.75. The maximum Gasteiger partial charge on any atom is 0.165 e. The highest BCUT2D eigenvalue weighted by atomic mass is 19.1. The summed E-state index contributed by atoms with van der Waals surface area (Å²) in [5.74, 6) is 0.682. The van der Waals surface area contributed by atoms with Crippen LogP contribution in [0, 0.1) is 5.82 Å². The molecule has 96 valence electrons. The van der Waals surface area contributed by atoms with Gasteiger partial charge in [-0.3, -0.25) is 4.68 Å². The van der Waals surface area contributed by atoms with Crippen molar-refractivity contribution in [3.05, 3.63) is 41.8 Å². The molecule has 0 spiro atoms. The van der Waals surface area contributed by atoms with E-state index in [4.69, 9.17) is 4.74 Å². The van der Waals surface area contributed by atoms with Gasteiger partial charge in [0, 0.05) is 19.3 Å². The highest BCUT2D eigenvalue weighted by Crippen LogP contribution is 2.24. The van der Waals surface area contributed by atoms with E-state index in [1.807, 2.05) is 26.2 Å². The topological polar surface area (TPSA) is 39.1 Å². The number of aryl methyl sites for hydroxylation is 1. The van der Waals surface area contributed by atoms with E-state index in [-0.39, 0.29) is 17.6 Å². The summed E-state index contributed by atoms with van der Waals surface area (Å²) in [6.45, 7) is 1.99. The summed E-state index contributed by atoms with van der Waals surface area (Å²) in [5, 5.41) is 7.48. The zero-order valence-electron chi connectivity index (χ0n) is 10.6. The Balaban J connectivity index is 2.15. The lowest BCUT2D eigenvalue weighted by atomic mass is 10.1. The molecule has 0 bridgehead atoms. The smallest absolute Gasteiger partial charge is 0.165 e. The van der Waals surface area contributed by atoms with Gasteiger partial charge in [0.2, 0.25) is 0 Å². The van der Waals surface area contributed by atoms with Crippen molar-refractivity contribution in [2.24, 2.45) is 7.05 Å². The van der Waals surface area contributed by atoms with Crippen LogP contribution in [-0.2, 0) is 7.05 Å². The Kier molecular flexibility index (Phi) is 3.50. The standard InChI is InChI=1S/C13H16FN3O/c1-9(15-13-6-7-17(2)16-13)10-4-5-11(14)12(8-10)18-3/h4-9H,1-3H3,(H,15,16). The molecule has 18 heavy (non-hydrogen) atoms. The molecule has 1 atom stereocenters. The van der Waals surface area contributed by atoms with E-state index in [1.165, 1.54) is 13.2 Å². The normalized spacial score (nSPS) is 12.2. The molecule has 1 unspecified atom stereocenters. The molecule has 0 amide bonds. The number of benzene rings is 1. The fraction of sp³-hybridized carbons (Fsp3) is 0.308. The number of hydrogen-bond donors (Lipinski definition) is 1. The van der Waals surface area contributed by atoms with Crippen LogP contribution in [0.15, 0.2) is 30.5 Å². The molecule has 4 nitrogen and oxygen atoms in total. The second-order valence-electron chi connectivity index (χ2n) is 4.13. The van der Waals surface area contributed by atoms with Crippen molar-refractivity contribution in [3.8, 4) is 5.75 Å². The molecule has 1 aromatic carbocycles. The van der Waals surface area contributed by atoms with Gasteiger partial charge in [0.25, 0.3) is 0 Å². The third-order valence-corrected chi connectivity index (χ3v) is 2.75. The van der Waals surface area contributed by atoms with E-state index in [0.717, 1.165) is 11.4 Å². The first-order valence-corrected chi connectivity index (χ1v) is 5.70. The van der Waals surface area contributed by atoms with Crippen LogP contribution in [0.5, 0.6) is 5.75 Å². The van der Waals surface area contributed by atoms with Crippen molar-refractivity contribution >= 4 is 5.82 Å². The predicted octanol–water partition coefficient (Wildman–Crippen LogP) is 2.74. The molecule has 2 rings (SSSR count). The summed E-state index contributed by atoms with van der Waals surface area (Å²) < 4.78 is 20.0. The number of ether oxygens (including phenoxy) is 1. The number of nitrogens with zero attached hydrogens (tertiary/aromatic N) is 2. The highest BCUT2D eigenvalue weighted by molar-refractivity contribution is 5.39. The van der Waals surface area contributed by atoms with Gasteiger partial charge >= 0.3 is 0 Å². The lowest BCUT2D eigenvalue weighted by Gasteiger charge is -2.14. The second kappa shape index (κ2) is 5.08. The summed E-state index contributed by atoms with van der Waals surface area (Å²) in [6.07, 6.45) is 1.86. The first kappa shape index (κ1) is 12.4. The molecular formula is C13H16FN3O. The van der Waals surface area contributed by atoms with E-state index in [9.17, 15) is 4.39 Å². The average molecular weight is 249 g/mol. The molecule has 0 fully saturated rings. The number of rotatable bonds is 4. The number of hydrogen-bond acceptors (Lipinski definition) is 3. The summed E-state index contributed by atoms with van der Waals surface area (Å²) in [5.41, 5.74) is 0.943. The van der Waals surface area contributed by atoms with Crippen LogP contribution in [0.1, 0.15) is 18.5 Å². The highest BCUT2D eigenvalue weighted by Gasteiger charge is 2.10. The van der Waals surface area contributed by atoms with Gasteiger partial charge in [-0.2, -0.15) is 5.10 Å². The zero-order chi connectivity index (χ0) is 13.1. The van der Waals surface area contributed by atoms with Crippen LogP contribution in [0.25, 0.3) is 0 Å². The number of halogens is 1. The Hall–Kier alpha value is -2.04. The maximum atomic E-state index is 13.3. The lowest BCUT2D eigenvalue weighted by molar-refractivity contribution is 0.385. The Morgan fingerprint density at radius 1 is 1.39 bits per heavy atom. The van der Waals surface area contributed by atoms with Crippen LogP contribution in [-0.4, -0.2) is 16.9 Å². The monoisotopic (exact) mass is 249 g/mol. The SMILES string of the molecule is COc1cc(C(C)Nc2ccn(C)n2)ccc1F. The van der Waals surface area contributed by atoms with Crippen molar-refractivity contribution in [3.63, 3.8) is 0 Å². The molecule has 0 saturated heterocycles. The Bertz CT molecular complexity index is 539. The van der Waals surface area contributed by atoms with E-state index in [2.05, 4.69) is 10.4 Å². The van der Waals surface area contributed by atoms with Crippen LogP contribution in [0.2, 0.25) is 0 Å². The van der Waals surface area contributed by atoms with Crippen LogP contribution >= 0.6 is 0 Å². The third kappa shape index (κ3) is 2.61. The van der Waals surface area contributed by atoms with Crippen LogP contribution in [0.4, 0.5) is 10.2 Å². The largest absolute Gasteiger partial charge is 0.494 e. The van der Waals surface area contributed by atoms with Gasteiger partial charge in [-0.25, -0.2) is 4.39 Å². The van der Waals surface area contributed by atoms with Gasteiger partial charge in [0.05, 0.1) is 13.2 Å². The maximum absolute atomic E-state index is 13.3. The van der Waals surface area contributed by atoms with Gasteiger partial charge in [0.1, 0.15) is 5.82 Å². The summed E-state index contributed by atoms with van der Waals surface area (Å²) in [4.78, 5) is 0. The van der Waals surface area contributed by atoms with Crippen LogP contribution < -0.4 is 10.1 Å². The van der Waals surface area contributed by atoms with Gasteiger partial charge in [-0.1, -0.05) is 6.07 Å². The third-order valence-electron chi connectivity index (χ3n) is 2.75. The number of anilines is 1. The fourth-order valence-electron chi connectivity index (χ4n) is 1.74. The van der Waals surface area contributed by atoms with Crippen molar-refractivity contribution in [1.29, 1.82) is 0 Å². The molecule has 0 aliphatic heterocycles.